The molecule has 1 rings (SSSR count). The number of nitrogens with one attached hydrogen (secondary N) is 1. The zero-order chi connectivity index (χ0) is 10.2. The first-order valence-corrected chi connectivity index (χ1v) is 5.14. The summed E-state index contributed by atoms with van der Waals surface area (Å²) in [6.45, 7) is 5.35. The van der Waals surface area contributed by atoms with Gasteiger partial charge in [0.05, 0.1) is 19.3 Å². The fourth-order valence-electron chi connectivity index (χ4n) is 1.32. The minimum absolute atomic E-state index is 0.412. The average Bonchev–Trinajstić information content (AvgIpc) is 2.63. The van der Waals surface area contributed by atoms with E-state index in [1.54, 1.807) is 7.11 Å². The molecular weight excluding hydrogens is 180 g/mol. The van der Waals surface area contributed by atoms with Gasteiger partial charge in [0.15, 0.2) is 0 Å². The topological polar surface area (TPSA) is 33.7 Å². The highest BCUT2D eigenvalue weighted by Crippen LogP contribution is 2.04. The van der Waals surface area contributed by atoms with Gasteiger partial charge in [-0.05, 0) is 12.6 Å². The Morgan fingerprint density at radius 1 is 1.64 bits per heavy atom. The molecule has 0 aromatic rings. The predicted molar refractivity (Wildman–Crippen MR) is 55.8 cm³/mol. The van der Waals surface area contributed by atoms with Crippen molar-refractivity contribution in [3.8, 4) is 0 Å². The van der Waals surface area contributed by atoms with Gasteiger partial charge < -0.3 is 10.1 Å². The van der Waals surface area contributed by atoms with Crippen LogP contribution in [0.4, 0.5) is 0 Å². The van der Waals surface area contributed by atoms with Gasteiger partial charge in [0, 0.05) is 20.2 Å². The Morgan fingerprint density at radius 3 is 3.21 bits per heavy atom. The van der Waals surface area contributed by atoms with Gasteiger partial charge in [-0.15, -0.1) is 0 Å². The molecule has 1 aliphatic heterocycles. The van der Waals surface area contributed by atoms with Crippen LogP contribution in [0, 0.1) is 0 Å². The molecule has 0 aliphatic carbocycles. The summed E-state index contributed by atoms with van der Waals surface area (Å²) < 4.78 is 4.98. The molecule has 0 amide bonds. The molecule has 4 nitrogen and oxygen atoms in total. The lowest BCUT2D eigenvalue weighted by Crippen LogP contribution is -2.31. The van der Waals surface area contributed by atoms with Crippen LogP contribution in [-0.4, -0.2) is 44.5 Å². The third-order valence-electron chi connectivity index (χ3n) is 2.11. The Labute approximate surface area is 85.8 Å². The summed E-state index contributed by atoms with van der Waals surface area (Å²) >= 11 is 0. The molecule has 1 N–H and O–H groups in total. The summed E-state index contributed by atoms with van der Waals surface area (Å²) in [6.07, 6.45) is 5.18. The number of hydrogen-bond donors (Lipinski definition) is 1. The van der Waals surface area contributed by atoms with E-state index in [1.807, 2.05) is 11.3 Å². The minimum Gasteiger partial charge on any atom is -0.385 e. The van der Waals surface area contributed by atoms with Crippen LogP contribution in [0.5, 0.6) is 0 Å². The molecule has 1 heterocycles. The summed E-state index contributed by atoms with van der Waals surface area (Å²) in [7, 11) is 1.70. The standard InChI is InChI=1S/C10H20N2O2/c1-3-4-5-11-10-8-12(14-9-10)6-7-13-2/h4-5,10-11H,3,6-9H2,1-2H3/b5-4+/t10-/m1/s1. The molecule has 1 saturated heterocycles. The lowest BCUT2D eigenvalue weighted by Gasteiger charge is -2.12. The Balaban J connectivity index is 2.10. The zero-order valence-corrected chi connectivity index (χ0v) is 9.03. The number of nitrogens with zero attached hydrogens (tertiary/aromatic N) is 1. The molecule has 14 heavy (non-hydrogen) atoms. The van der Waals surface area contributed by atoms with Crippen molar-refractivity contribution in [2.45, 2.75) is 19.4 Å². The van der Waals surface area contributed by atoms with Crippen molar-refractivity contribution in [1.82, 2.24) is 10.4 Å². The fraction of sp³-hybridized carbons (Fsp3) is 0.800. The smallest absolute Gasteiger partial charge is 0.0899 e. The van der Waals surface area contributed by atoms with Gasteiger partial charge in [-0.2, -0.15) is 5.06 Å². The Bertz CT molecular complexity index is 174. The van der Waals surface area contributed by atoms with Crippen molar-refractivity contribution >= 4 is 0 Å². The highest BCUT2D eigenvalue weighted by atomic mass is 16.7. The normalized spacial score (nSPS) is 23.4. The maximum atomic E-state index is 5.46. The third-order valence-corrected chi connectivity index (χ3v) is 2.11. The molecule has 1 atom stereocenters. The summed E-state index contributed by atoms with van der Waals surface area (Å²) in [5, 5.41) is 5.25. The number of allylic oxidation sites excluding steroid dienone is 1. The molecule has 82 valence electrons. The van der Waals surface area contributed by atoms with Gasteiger partial charge in [-0.3, -0.25) is 4.84 Å². The maximum absolute atomic E-state index is 5.46. The molecule has 1 aliphatic rings. The van der Waals surface area contributed by atoms with Crippen LogP contribution in [0.3, 0.4) is 0 Å². The average molecular weight is 200 g/mol. The van der Waals surface area contributed by atoms with E-state index in [1.165, 1.54) is 0 Å². The molecule has 1 fully saturated rings. The minimum atomic E-state index is 0.412. The van der Waals surface area contributed by atoms with Crippen LogP contribution in [-0.2, 0) is 9.57 Å². The van der Waals surface area contributed by atoms with Crippen LogP contribution < -0.4 is 5.32 Å². The zero-order valence-electron chi connectivity index (χ0n) is 9.03. The lowest BCUT2D eigenvalue weighted by atomic mass is 10.3. The van der Waals surface area contributed by atoms with Crippen molar-refractivity contribution in [1.29, 1.82) is 0 Å². The van der Waals surface area contributed by atoms with Crippen molar-refractivity contribution in [2.75, 3.05) is 33.4 Å². The number of hydrogen-bond acceptors (Lipinski definition) is 4. The molecule has 0 aromatic carbocycles. The summed E-state index contributed by atoms with van der Waals surface area (Å²) in [4.78, 5) is 5.46. The van der Waals surface area contributed by atoms with Gasteiger partial charge in [-0.25, -0.2) is 0 Å². The third kappa shape index (κ3) is 4.09. The first kappa shape index (κ1) is 11.5. The van der Waals surface area contributed by atoms with E-state index in [0.29, 0.717) is 6.04 Å². The molecule has 0 aromatic heterocycles. The van der Waals surface area contributed by atoms with Crippen molar-refractivity contribution in [2.24, 2.45) is 0 Å². The summed E-state index contributed by atoms with van der Waals surface area (Å²) in [5.41, 5.74) is 0. The highest BCUT2D eigenvalue weighted by Gasteiger charge is 2.21. The Hall–Kier alpha value is -0.580. The van der Waals surface area contributed by atoms with Crippen molar-refractivity contribution in [3.63, 3.8) is 0 Å². The van der Waals surface area contributed by atoms with E-state index in [9.17, 15) is 0 Å². The second-order valence-corrected chi connectivity index (χ2v) is 3.35. The van der Waals surface area contributed by atoms with Gasteiger partial charge in [-0.1, -0.05) is 13.0 Å². The van der Waals surface area contributed by atoms with Gasteiger partial charge in [0.2, 0.25) is 0 Å². The van der Waals surface area contributed by atoms with Gasteiger partial charge in [0.25, 0.3) is 0 Å². The van der Waals surface area contributed by atoms with Crippen LogP contribution in [0.1, 0.15) is 13.3 Å². The number of methoxy groups -OCH3 is 1. The number of hydroxylamine groups is 2. The van der Waals surface area contributed by atoms with E-state index < -0.39 is 0 Å². The summed E-state index contributed by atoms with van der Waals surface area (Å²) in [6, 6.07) is 0.412. The van der Waals surface area contributed by atoms with E-state index in [2.05, 4.69) is 18.3 Å². The molecule has 0 bridgehead atoms. The quantitative estimate of drug-likeness (QED) is 0.686. The second-order valence-electron chi connectivity index (χ2n) is 3.35. The summed E-state index contributed by atoms with van der Waals surface area (Å²) in [5.74, 6) is 0. The fourth-order valence-corrected chi connectivity index (χ4v) is 1.32. The van der Waals surface area contributed by atoms with E-state index in [4.69, 9.17) is 9.57 Å². The number of ether oxygens (including phenoxy) is 1. The van der Waals surface area contributed by atoms with Crippen LogP contribution in [0.25, 0.3) is 0 Å². The molecular formula is C10H20N2O2. The Morgan fingerprint density at radius 2 is 2.50 bits per heavy atom. The van der Waals surface area contributed by atoms with Gasteiger partial charge >= 0.3 is 0 Å². The van der Waals surface area contributed by atoms with Crippen molar-refractivity contribution < 1.29 is 9.57 Å². The van der Waals surface area contributed by atoms with E-state index in [-0.39, 0.29) is 0 Å². The molecule has 0 spiro atoms. The second kappa shape index (κ2) is 6.81. The van der Waals surface area contributed by atoms with E-state index >= 15 is 0 Å². The molecule has 4 heteroatoms. The molecule has 0 radical (unpaired) electrons. The molecule has 0 unspecified atom stereocenters. The maximum Gasteiger partial charge on any atom is 0.0899 e. The van der Waals surface area contributed by atoms with E-state index in [0.717, 1.165) is 32.7 Å². The largest absolute Gasteiger partial charge is 0.385 e. The monoisotopic (exact) mass is 200 g/mol. The number of rotatable bonds is 6. The van der Waals surface area contributed by atoms with Crippen LogP contribution in [0.2, 0.25) is 0 Å². The first-order valence-electron chi connectivity index (χ1n) is 5.14. The SMILES string of the molecule is CC/C=C/N[C@H]1CON(CCOC)C1. The van der Waals surface area contributed by atoms with Gasteiger partial charge in [0.1, 0.15) is 0 Å². The van der Waals surface area contributed by atoms with Crippen LogP contribution in [0.15, 0.2) is 12.3 Å². The first-order chi connectivity index (χ1) is 6.86. The Kier molecular flexibility index (Phi) is 5.59. The van der Waals surface area contributed by atoms with Crippen LogP contribution >= 0.6 is 0 Å². The lowest BCUT2D eigenvalue weighted by molar-refractivity contribution is -0.118. The van der Waals surface area contributed by atoms with Crippen molar-refractivity contribution in [3.05, 3.63) is 12.3 Å². The molecule has 0 saturated carbocycles. The highest BCUT2D eigenvalue weighted by molar-refractivity contribution is 4.84. The predicted octanol–water partition coefficient (Wildman–Crippen LogP) is 0.762.